The fourth-order valence-electron chi connectivity index (χ4n) is 3.96. The van der Waals surface area contributed by atoms with Crippen molar-refractivity contribution in [3.63, 3.8) is 0 Å². The Morgan fingerprint density at radius 3 is 2.74 bits per heavy atom. The Kier molecular flexibility index (Phi) is 4.08. The van der Waals surface area contributed by atoms with Crippen LogP contribution in [-0.2, 0) is 4.79 Å². The van der Waals surface area contributed by atoms with Crippen molar-refractivity contribution < 1.29 is 4.79 Å². The van der Waals surface area contributed by atoms with Gasteiger partial charge in [-0.1, -0.05) is 0 Å². The largest absolute Gasteiger partial charge is 0.341 e. The first kappa shape index (κ1) is 13.4. The van der Waals surface area contributed by atoms with E-state index in [-0.39, 0.29) is 6.04 Å². The van der Waals surface area contributed by atoms with Crippen molar-refractivity contribution in [2.45, 2.75) is 51.1 Å². The summed E-state index contributed by atoms with van der Waals surface area (Å²) in [5, 5.41) is 3.59. The molecular formula is C15H27N3O. The van der Waals surface area contributed by atoms with Gasteiger partial charge in [0.25, 0.3) is 0 Å². The van der Waals surface area contributed by atoms with Crippen LogP contribution in [0.15, 0.2) is 0 Å². The molecule has 0 radical (unpaired) electrons. The molecule has 3 aliphatic rings. The van der Waals surface area contributed by atoms with E-state index in [0.717, 1.165) is 38.6 Å². The Hall–Kier alpha value is -0.610. The standard InChI is InChI=1S/C15H27N3O/c1-12(15(19)17-8-3-2-4-9-17)18-10-6-14-13(11-18)5-7-16-14/h12-14,16H,2-11H2,1H3. The lowest BCUT2D eigenvalue weighted by atomic mass is 9.92. The molecule has 3 fully saturated rings. The van der Waals surface area contributed by atoms with Crippen molar-refractivity contribution in [2.24, 2.45) is 5.92 Å². The smallest absolute Gasteiger partial charge is 0.239 e. The van der Waals surface area contributed by atoms with Crippen LogP contribution in [0.3, 0.4) is 0 Å². The highest BCUT2D eigenvalue weighted by molar-refractivity contribution is 5.81. The van der Waals surface area contributed by atoms with Crippen LogP contribution in [-0.4, -0.2) is 60.5 Å². The van der Waals surface area contributed by atoms with E-state index in [1.807, 2.05) is 0 Å². The van der Waals surface area contributed by atoms with Crippen molar-refractivity contribution in [2.75, 3.05) is 32.7 Å². The van der Waals surface area contributed by atoms with E-state index in [0.29, 0.717) is 11.9 Å². The van der Waals surface area contributed by atoms with Gasteiger partial charge in [0, 0.05) is 32.2 Å². The van der Waals surface area contributed by atoms with Crippen molar-refractivity contribution in [1.29, 1.82) is 0 Å². The second-order valence-electron chi connectivity index (χ2n) is 6.45. The predicted octanol–water partition coefficient (Wildman–Crippen LogP) is 1.07. The minimum Gasteiger partial charge on any atom is -0.341 e. The highest BCUT2D eigenvalue weighted by Crippen LogP contribution is 2.26. The molecule has 4 heteroatoms. The first-order valence-electron chi connectivity index (χ1n) is 8.02. The fraction of sp³-hybridized carbons (Fsp3) is 0.933. The molecule has 0 aromatic rings. The summed E-state index contributed by atoms with van der Waals surface area (Å²) in [5.41, 5.74) is 0. The average molecular weight is 265 g/mol. The molecule has 0 aliphatic carbocycles. The number of rotatable bonds is 2. The zero-order valence-corrected chi connectivity index (χ0v) is 12.1. The zero-order valence-electron chi connectivity index (χ0n) is 12.1. The van der Waals surface area contributed by atoms with Gasteiger partial charge in [0.05, 0.1) is 6.04 Å². The number of carbonyl (C=O) groups is 1. The Labute approximate surface area is 116 Å². The van der Waals surface area contributed by atoms with Crippen LogP contribution in [0.4, 0.5) is 0 Å². The number of nitrogens with zero attached hydrogens (tertiary/aromatic N) is 2. The molecule has 0 aromatic carbocycles. The van der Waals surface area contributed by atoms with E-state index < -0.39 is 0 Å². The number of piperidine rings is 2. The van der Waals surface area contributed by atoms with E-state index in [1.165, 1.54) is 32.1 Å². The second-order valence-corrected chi connectivity index (χ2v) is 6.45. The molecule has 3 saturated heterocycles. The summed E-state index contributed by atoms with van der Waals surface area (Å²) in [5.74, 6) is 1.13. The van der Waals surface area contributed by atoms with Gasteiger partial charge in [-0.3, -0.25) is 9.69 Å². The van der Waals surface area contributed by atoms with Gasteiger partial charge >= 0.3 is 0 Å². The molecule has 3 rings (SSSR count). The molecule has 3 unspecified atom stereocenters. The quantitative estimate of drug-likeness (QED) is 0.811. The number of likely N-dealkylation sites (tertiary alicyclic amines) is 2. The Balaban J connectivity index is 1.57. The SMILES string of the molecule is CC(C(=O)N1CCCCC1)N1CCC2NCCC2C1. The van der Waals surface area contributed by atoms with Gasteiger partial charge in [0.15, 0.2) is 0 Å². The highest BCUT2D eigenvalue weighted by Gasteiger charge is 2.36. The number of nitrogens with one attached hydrogen (secondary N) is 1. The first-order valence-corrected chi connectivity index (χ1v) is 8.02. The lowest BCUT2D eigenvalue weighted by Gasteiger charge is -2.40. The van der Waals surface area contributed by atoms with Crippen molar-refractivity contribution >= 4 is 5.91 Å². The van der Waals surface area contributed by atoms with Gasteiger partial charge in [0.2, 0.25) is 5.91 Å². The maximum Gasteiger partial charge on any atom is 0.239 e. The third-order valence-electron chi connectivity index (χ3n) is 5.26. The van der Waals surface area contributed by atoms with E-state index in [9.17, 15) is 4.79 Å². The second kappa shape index (κ2) is 5.80. The van der Waals surface area contributed by atoms with Crippen LogP contribution >= 0.6 is 0 Å². The fourth-order valence-corrected chi connectivity index (χ4v) is 3.96. The molecule has 1 amide bonds. The van der Waals surface area contributed by atoms with Crippen LogP contribution in [0, 0.1) is 5.92 Å². The average Bonchev–Trinajstić information content (AvgIpc) is 2.94. The summed E-state index contributed by atoms with van der Waals surface area (Å²) in [6, 6.07) is 0.799. The zero-order chi connectivity index (χ0) is 13.2. The molecule has 0 saturated carbocycles. The third-order valence-corrected chi connectivity index (χ3v) is 5.26. The minimum absolute atomic E-state index is 0.0830. The van der Waals surface area contributed by atoms with Crippen molar-refractivity contribution in [3.8, 4) is 0 Å². The minimum atomic E-state index is 0.0830. The maximum absolute atomic E-state index is 12.6. The topological polar surface area (TPSA) is 35.6 Å². The maximum atomic E-state index is 12.6. The number of amides is 1. The summed E-state index contributed by atoms with van der Waals surface area (Å²) in [6.45, 7) is 7.42. The Bertz CT molecular complexity index is 327. The first-order chi connectivity index (χ1) is 9.25. The summed E-state index contributed by atoms with van der Waals surface area (Å²) in [7, 11) is 0. The number of fused-ring (bicyclic) bond motifs is 1. The molecular weight excluding hydrogens is 238 g/mol. The molecule has 4 nitrogen and oxygen atoms in total. The van der Waals surface area contributed by atoms with Crippen LogP contribution < -0.4 is 5.32 Å². The lowest BCUT2D eigenvalue weighted by Crippen LogP contribution is -2.54. The normalized spacial score (nSPS) is 34.1. The number of hydrogen-bond donors (Lipinski definition) is 1. The van der Waals surface area contributed by atoms with Crippen LogP contribution in [0.2, 0.25) is 0 Å². The van der Waals surface area contributed by atoms with Gasteiger partial charge < -0.3 is 10.2 Å². The van der Waals surface area contributed by atoms with Crippen molar-refractivity contribution in [3.05, 3.63) is 0 Å². The summed E-state index contributed by atoms with van der Waals surface area (Å²) < 4.78 is 0. The molecule has 19 heavy (non-hydrogen) atoms. The van der Waals surface area contributed by atoms with Gasteiger partial charge in [-0.05, 0) is 51.5 Å². The molecule has 3 aliphatic heterocycles. The molecule has 0 spiro atoms. The molecule has 3 heterocycles. The highest BCUT2D eigenvalue weighted by atomic mass is 16.2. The Morgan fingerprint density at radius 1 is 1.16 bits per heavy atom. The predicted molar refractivity (Wildman–Crippen MR) is 76.0 cm³/mol. The summed E-state index contributed by atoms with van der Waals surface area (Å²) in [4.78, 5) is 17.1. The summed E-state index contributed by atoms with van der Waals surface area (Å²) in [6.07, 6.45) is 6.16. The number of hydrogen-bond acceptors (Lipinski definition) is 3. The van der Waals surface area contributed by atoms with Gasteiger partial charge in [-0.25, -0.2) is 0 Å². The third kappa shape index (κ3) is 2.79. The van der Waals surface area contributed by atoms with E-state index in [1.54, 1.807) is 0 Å². The molecule has 3 atom stereocenters. The molecule has 108 valence electrons. The van der Waals surface area contributed by atoms with E-state index >= 15 is 0 Å². The van der Waals surface area contributed by atoms with Gasteiger partial charge in [-0.15, -0.1) is 0 Å². The van der Waals surface area contributed by atoms with Crippen LogP contribution in [0.5, 0.6) is 0 Å². The Morgan fingerprint density at radius 2 is 1.95 bits per heavy atom. The molecule has 1 N–H and O–H groups in total. The molecule has 0 aromatic heterocycles. The lowest BCUT2D eigenvalue weighted by molar-refractivity contribution is -0.138. The summed E-state index contributed by atoms with van der Waals surface area (Å²) >= 11 is 0. The monoisotopic (exact) mass is 265 g/mol. The van der Waals surface area contributed by atoms with Crippen molar-refractivity contribution in [1.82, 2.24) is 15.1 Å². The van der Waals surface area contributed by atoms with Gasteiger partial charge in [-0.2, -0.15) is 0 Å². The van der Waals surface area contributed by atoms with Crippen LogP contribution in [0.25, 0.3) is 0 Å². The van der Waals surface area contributed by atoms with E-state index in [2.05, 4.69) is 22.0 Å². The van der Waals surface area contributed by atoms with Gasteiger partial charge in [0.1, 0.15) is 0 Å². The van der Waals surface area contributed by atoms with E-state index in [4.69, 9.17) is 0 Å². The molecule has 0 bridgehead atoms. The number of carbonyl (C=O) groups excluding carboxylic acids is 1. The van der Waals surface area contributed by atoms with Crippen LogP contribution in [0.1, 0.15) is 39.0 Å².